The molecule has 0 amide bonds. The van der Waals surface area contributed by atoms with Crippen LogP contribution in [0.25, 0.3) is 0 Å². The van der Waals surface area contributed by atoms with Crippen molar-refractivity contribution in [2.24, 2.45) is 0 Å². The van der Waals surface area contributed by atoms with Gasteiger partial charge in [0.15, 0.2) is 0 Å². The topological polar surface area (TPSA) is 50.2 Å². The third kappa shape index (κ3) is 2.39. The van der Waals surface area contributed by atoms with Crippen molar-refractivity contribution < 1.29 is 9.90 Å². The smallest absolute Gasteiger partial charge is 0.332 e. The van der Waals surface area contributed by atoms with Crippen molar-refractivity contribution in [2.75, 3.05) is 0 Å². The maximum atomic E-state index is 10.9. The van der Waals surface area contributed by atoms with E-state index >= 15 is 0 Å². The first kappa shape index (κ1) is 10.2. The van der Waals surface area contributed by atoms with Gasteiger partial charge in [-0.3, -0.25) is 4.98 Å². The van der Waals surface area contributed by atoms with Crippen molar-refractivity contribution in [2.45, 2.75) is 24.2 Å². The highest BCUT2D eigenvalue weighted by Gasteiger charge is 2.20. The van der Waals surface area contributed by atoms with Crippen molar-refractivity contribution in [3.63, 3.8) is 0 Å². The summed E-state index contributed by atoms with van der Waals surface area (Å²) in [6.07, 6.45) is 5.98. The summed E-state index contributed by atoms with van der Waals surface area (Å²) in [4.78, 5) is 16.9. The molecule has 78 valence electrons. The molecular weight excluding hydrogens is 210 g/mol. The van der Waals surface area contributed by atoms with E-state index in [2.05, 4.69) is 4.98 Å². The molecule has 15 heavy (non-hydrogen) atoms. The van der Waals surface area contributed by atoms with Crippen LogP contribution in [-0.4, -0.2) is 16.1 Å². The summed E-state index contributed by atoms with van der Waals surface area (Å²) in [5.74, 6) is -0.774. The van der Waals surface area contributed by atoms with Crippen molar-refractivity contribution >= 4 is 17.7 Å². The molecule has 0 radical (unpaired) electrons. The number of aliphatic carboxylic acids is 1. The van der Waals surface area contributed by atoms with Crippen LogP contribution in [0.1, 0.15) is 19.3 Å². The predicted molar refractivity (Wildman–Crippen MR) is 58.6 cm³/mol. The lowest BCUT2D eigenvalue weighted by atomic mass is 10.2. The second kappa shape index (κ2) is 4.49. The zero-order valence-electron chi connectivity index (χ0n) is 8.14. The first-order valence-corrected chi connectivity index (χ1v) is 5.62. The molecule has 0 unspecified atom stereocenters. The van der Waals surface area contributed by atoms with Gasteiger partial charge in [-0.2, -0.15) is 0 Å². The van der Waals surface area contributed by atoms with E-state index in [1.54, 1.807) is 24.2 Å². The molecular formula is C11H11NO2S. The maximum Gasteiger partial charge on any atom is 0.332 e. The molecule has 0 atom stereocenters. The number of hydrogen-bond acceptors (Lipinski definition) is 3. The minimum atomic E-state index is -0.774. The lowest BCUT2D eigenvalue weighted by molar-refractivity contribution is -0.132. The molecule has 4 heteroatoms. The van der Waals surface area contributed by atoms with E-state index in [0.717, 1.165) is 22.6 Å². The molecule has 1 heterocycles. The Labute approximate surface area is 92.2 Å². The number of carboxylic acids is 1. The predicted octanol–water partition coefficient (Wildman–Crippen LogP) is 2.70. The third-order valence-electron chi connectivity index (χ3n) is 2.32. The van der Waals surface area contributed by atoms with Gasteiger partial charge in [-0.05, 0) is 31.4 Å². The van der Waals surface area contributed by atoms with Gasteiger partial charge >= 0.3 is 5.97 Å². The number of nitrogens with zero attached hydrogens (tertiary/aromatic N) is 1. The van der Waals surface area contributed by atoms with Crippen LogP contribution in [0.5, 0.6) is 0 Å². The molecule has 1 aliphatic rings. The Morgan fingerprint density at radius 2 is 2.07 bits per heavy atom. The number of thioether (sulfide) groups is 1. The van der Waals surface area contributed by atoms with Crippen LogP contribution in [0, 0.1) is 0 Å². The maximum absolute atomic E-state index is 10.9. The Bertz CT molecular complexity index is 400. The SMILES string of the molecule is O=C(O)C1=C(Sc2ccncc2)CCC1. The number of hydrogen-bond donors (Lipinski definition) is 1. The standard InChI is InChI=1S/C11H11NO2S/c13-11(14)9-2-1-3-10(9)15-8-4-6-12-7-5-8/h4-7H,1-3H2,(H,13,14). The van der Waals surface area contributed by atoms with Gasteiger partial charge in [0, 0.05) is 27.8 Å². The first-order valence-electron chi connectivity index (χ1n) is 4.80. The van der Waals surface area contributed by atoms with Crippen LogP contribution in [0.3, 0.4) is 0 Å². The summed E-state index contributed by atoms with van der Waals surface area (Å²) < 4.78 is 0. The van der Waals surface area contributed by atoms with Crippen LogP contribution < -0.4 is 0 Å². The fraction of sp³-hybridized carbons (Fsp3) is 0.273. The quantitative estimate of drug-likeness (QED) is 0.852. The van der Waals surface area contributed by atoms with Gasteiger partial charge in [0.1, 0.15) is 0 Å². The molecule has 0 saturated carbocycles. The lowest BCUT2D eigenvalue weighted by Crippen LogP contribution is -1.98. The van der Waals surface area contributed by atoms with E-state index in [-0.39, 0.29) is 0 Å². The molecule has 0 bridgehead atoms. The van der Waals surface area contributed by atoms with Gasteiger partial charge in [-0.15, -0.1) is 0 Å². The van der Waals surface area contributed by atoms with Crippen LogP contribution in [-0.2, 0) is 4.79 Å². The first-order chi connectivity index (χ1) is 7.27. The van der Waals surface area contributed by atoms with Crippen LogP contribution in [0.2, 0.25) is 0 Å². The molecule has 0 fully saturated rings. The second-order valence-corrected chi connectivity index (χ2v) is 4.51. The number of allylic oxidation sites excluding steroid dienone is 1. The van der Waals surface area contributed by atoms with Crippen LogP contribution >= 0.6 is 11.8 Å². The average Bonchev–Trinajstić information content (AvgIpc) is 2.67. The van der Waals surface area contributed by atoms with Crippen molar-refractivity contribution in [1.82, 2.24) is 4.98 Å². The van der Waals surface area contributed by atoms with Gasteiger partial charge in [0.2, 0.25) is 0 Å². The summed E-state index contributed by atoms with van der Waals surface area (Å²) in [6.45, 7) is 0. The summed E-state index contributed by atoms with van der Waals surface area (Å²) in [5.41, 5.74) is 0.580. The molecule has 0 saturated heterocycles. The van der Waals surface area contributed by atoms with E-state index < -0.39 is 5.97 Å². The highest BCUT2D eigenvalue weighted by atomic mass is 32.2. The zero-order valence-corrected chi connectivity index (χ0v) is 8.96. The zero-order chi connectivity index (χ0) is 10.7. The van der Waals surface area contributed by atoms with Gasteiger partial charge in [0.05, 0.1) is 0 Å². The number of aromatic nitrogens is 1. The molecule has 1 aromatic rings. The van der Waals surface area contributed by atoms with Crippen LogP contribution in [0.4, 0.5) is 0 Å². The largest absolute Gasteiger partial charge is 0.478 e. The molecule has 1 aromatic heterocycles. The number of carbonyl (C=O) groups is 1. The van der Waals surface area contributed by atoms with Gasteiger partial charge in [-0.25, -0.2) is 4.79 Å². The van der Waals surface area contributed by atoms with E-state index in [1.165, 1.54) is 0 Å². The summed E-state index contributed by atoms with van der Waals surface area (Å²) in [5, 5.41) is 8.98. The molecule has 3 nitrogen and oxygen atoms in total. The van der Waals surface area contributed by atoms with E-state index in [9.17, 15) is 4.79 Å². The molecule has 1 N–H and O–H groups in total. The van der Waals surface area contributed by atoms with Crippen molar-refractivity contribution in [3.8, 4) is 0 Å². The van der Waals surface area contributed by atoms with Crippen LogP contribution in [0.15, 0.2) is 39.9 Å². The Kier molecular flexibility index (Phi) is 3.06. The molecule has 1 aliphatic carbocycles. The van der Waals surface area contributed by atoms with E-state index in [1.807, 2.05) is 12.1 Å². The number of carboxylic acid groups (broad SMARTS) is 1. The monoisotopic (exact) mass is 221 g/mol. The summed E-state index contributed by atoms with van der Waals surface area (Å²) >= 11 is 1.55. The Balaban J connectivity index is 2.18. The van der Waals surface area contributed by atoms with Gasteiger partial charge in [0.25, 0.3) is 0 Å². The summed E-state index contributed by atoms with van der Waals surface area (Å²) in [6, 6.07) is 3.80. The van der Waals surface area contributed by atoms with Gasteiger partial charge in [-0.1, -0.05) is 11.8 Å². The molecule has 0 spiro atoms. The highest BCUT2D eigenvalue weighted by Crippen LogP contribution is 2.38. The Morgan fingerprint density at radius 3 is 2.73 bits per heavy atom. The number of pyridine rings is 1. The Morgan fingerprint density at radius 1 is 1.33 bits per heavy atom. The third-order valence-corrected chi connectivity index (χ3v) is 3.52. The highest BCUT2D eigenvalue weighted by molar-refractivity contribution is 8.03. The minimum Gasteiger partial charge on any atom is -0.478 e. The average molecular weight is 221 g/mol. The fourth-order valence-electron chi connectivity index (χ4n) is 1.60. The second-order valence-electron chi connectivity index (χ2n) is 3.35. The molecule has 2 rings (SSSR count). The number of rotatable bonds is 3. The molecule has 0 aromatic carbocycles. The van der Waals surface area contributed by atoms with E-state index in [4.69, 9.17) is 5.11 Å². The lowest BCUT2D eigenvalue weighted by Gasteiger charge is -2.03. The van der Waals surface area contributed by atoms with Gasteiger partial charge < -0.3 is 5.11 Å². The van der Waals surface area contributed by atoms with E-state index in [0.29, 0.717) is 12.0 Å². The Hall–Kier alpha value is -1.29. The molecule has 0 aliphatic heterocycles. The normalized spacial score (nSPS) is 15.7. The summed E-state index contributed by atoms with van der Waals surface area (Å²) in [7, 11) is 0. The van der Waals surface area contributed by atoms with Crippen molar-refractivity contribution in [1.29, 1.82) is 0 Å². The van der Waals surface area contributed by atoms with Crippen molar-refractivity contribution in [3.05, 3.63) is 35.0 Å². The minimum absolute atomic E-state index is 0.580. The fourth-order valence-corrected chi connectivity index (χ4v) is 2.70.